The predicted molar refractivity (Wildman–Crippen MR) is 164 cm³/mol. The van der Waals surface area contributed by atoms with Crippen LogP contribution in [0.2, 0.25) is 5.15 Å². The molecule has 1 aromatic carbocycles. The highest BCUT2D eigenvalue weighted by atomic mass is 35.5. The van der Waals surface area contributed by atoms with Crippen LogP contribution < -0.4 is 20.7 Å². The number of nitrogens with one attached hydrogen (secondary N) is 3. The fourth-order valence-corrected chi connectivity index (χ4v) is 4.16. The minimum atomic E-state index is -2.75. The van der Waals surface area contributed by atoms with Crippen LogP contribution in [0.3, 0.4) is 0 Å². The molecule has 2 amide bonds. The van der Waals surface area contributed by atoms with Gasteiger partial charge in [0.15, 0.2) is 22.4 Å². The maximum Gasteiger partial charge on any atom is 0.413 e. The number of anilines is 3. The summed E-state index contributed by atoms with van der Waals surface area (Å²) in [6, 6.07) is 10.1. The first kappa shape index (κ1) is 28.0. The summed E-state index contributed by atoms with van der Waals surface area (Å²) in [5.41, 5.74) is 1.45. The minimum Gasteiger partial charge on any atom is -0.494 e. The first-order valence-electron chi connectivity index (χ1n) is 14.8. The van der Waals surface area contributed by atoms with Gasteiger partial charge in [-0.3, -0.25) is 14.8 Å². The molecule has 0 radical (unpaired) electrons. The number of carbonyl (C=O) groups is 2. The molecule has 0 aliphatic rings. The number of aromatic nitrogens is 6. The van der Waals surface area contributed by atoms with Crippen LogP contribution in [-0.4, -0.2) is 68.2 Å². The average molecular weight is 627 g/mol. The zero-order chi connectivity index (χ0) is 34.4. The number of methoxy groups -OCH3 is 1. The van der Waals surface area contributed by atoms with Gasteiger partial charge in [-0.1, -0.05) is 17.7 Å². The largest absolute Gasteiger partial charge is 0.494 e. The normalized spacial score (nSPS) is 12.5. The van der Waals surface area contributed by atoms with E-state index in [1.807, 2.05) is 11.4 Å². The van der Waals surface area contributed by atoms with Crippen molar-refractivity contribution in [3.05, 3.63) is 64.8 Å². The van der Waals surface area contributed by atoms with Gasteiger partial charge in [0.1, 0.15) is 17.7 Å². The molecular formula is C29H34ClN9O5. The lowest BCUT2D eigenvalue weighted by molar-refractivity contribution is 0.0634. The SMILES string of the molecule is [2H]C([2H])([2H])NC(=O)c1nnc(Cl)cc1Nc1cc(CCOCc2cccc(NC(=O)OC(C)(C)C)n2)cc(-c2ncn(C)n2)c1OC. The lowest BCUT2D eigenvalue weighted by Gasteiger charge is -2.19. The van der Waals surface area contributed by atoms with Gasteiger partial charge in [-0.2, -0.15) is 5.10 Å². The molecule has 0 unspecified atom stereocenters. The van der Waals surface area contributed by atoms with E-state index in [1.165, 1.54) is 13.2 Å². The van der Waals surface area contributed by atoms with Crippen LogP contribution in [-0.2, 0) is 29.5 Å². The summed E-state index contributed by atoms with van der Waals surface area (Å²) >= 11 is 6.09. The quantitative estimate of drug-likeness (QED) is 0.200. The van der Waals surface area contributed by atoms with Crippen molar-refractivity contribution < 1.29 is 27.9 Å². The van der Waals surface area contributed by atoms with Crippen LogP contribution in [0.4, 0.5) is 22.0 Å². The maximum absolute atomic E-state index is 12.8. The van der Waals surface area contributed by atoms with Crippen molar-refractivity contribution in [2.45, 2.75) is 39.4 Å². The lowest BCUT2D eigenvalue weighted by Crippen LogP contribution is -2.27. The highest BCUT2D eigenvalue weighted by molar-refractivity contribution is 6.29. The maximum atomic E-state index is 12.8. The number of aryl methyl sites for hydroxylation is 1. The second kappa shape index (κ2) is 14.1. The van der Waals surface area contributed by atoms with Gasteiger partial charge in [-0.25, -0.2) is 14.8 Å². The highest BCUT2D eigenvalue weighted by Crippen LogP contribution is 2.38. The second-order valence-corrected chi connectivity index (χ2v) is 10.8. The second-order valence-electron chi connectivity index (χ2n) is 10.4. The summed E-state index contributed by atoms with van der Waals surface area (Å²) in [5, 5.41) is 19.5. The highest BCUT2D eigenvalue weighted by Gasteiger charge is 2.21. The molecule has 0 saturated carbocycles. The van der Waals surface area contributed by atoms with Crippen molar-refractivity contribution in [3.63, 3.8) is 0 Å². The summed E-state index contributed by atoms with van der Waals surface area (Å²) in [5.74, 6) is 0.0662. The van der Waals surface area contributed by atoms with Gasteiger partial charge in [0.25, 0.3) is 5.91 Å². The third-order valence-corrected chi connectivity index (χ3v) is 5.96. The van der Waals surface area contributed by atoms with Gasteiger partial charge >= 0.3 is 6.09 Å². The van der Waals surface area contributed by atoms with Gasteiger partial charge in [0.2, 0.25) is 0 Å². The van der Waals surface area contributed by atoms with Crippen molar-refractivity contribution in [1.29, 1.82) is 0 Å². The lowest BCUT2D eigenvalue weighted by atomic mass is 10.0. The van der Waals surface area contributed by atoms with Crippen molar-refractivity contribution in [2.75, 3.05) is 31.3 Å². The standard InChI is InChI=1S/C29H34ClN9O5/c1-29(2,3)44-28(41)35-23-9-7-8-18(33-23)15-43-11-10-17-12-19(26-32-16-39(5)38-26)25(42-6)21(13-17)34-20-14-22(30)36-37-24(20)27(40)31-4/h7-9,12-14,16H,10-11,15H2,1-6H3,(H,31,40)(H,34,36)(H,33,35,41)/i4D3. The molecule has 0 aliphatic heterocycles. The van der Waals surface area contributed by atoms with E-state index in [4.69, 9.17) is 29.9 Å². The Bertz CT molecular complexity index is 1750. The molecule has 4 rings (SSSR count). The van der Waals surface area contributed by atoms with E-state index in [2.05, 4.69) is 35.9 Å². The molecule has 232 valence electrons. The van der Waals surface area contributed by atoms with Crippen LogP contribution in [0, 0.1) is 0 Å². The van der Waals surface area contributed by atoms with Crippen LogP contribution in [0.5, 0.6) is 5.75 Å². The van der Waals surface area contributed by atoms with Crippen LogP contribution in [0.1, 0.15) is 46.6 Å². The predicted octanol–water partition coefficient (Wildman–Crippen LogP) is 4.54. The number of nitrogens with zero attached hydrogens (tertiary/aromatic N) is 6. The molecule has 14 nitrogen and oxygen atoms in total. The molecule has 15 heteroatoms. The van der Waals surface area contributed by atoms with Crippen molar-refractivity contribution in [3.8, 4) is 17.1 Å². The number of halogens is 1. The summed E-state index contributed by atoms with van der Waals surface area (Å²) in [6.45, 7) is 3.01. The third-order valence-electron chi connectivity index (χ3n) is 5.78. The number of pyridine rings is 1. The van der Waals surface area contributed by atoms with Gasteiger partial charge < -0.3 is 24.8 Å². The fraction of sp³-hybridized carbons (Fsp3) is 0.345. The van der Waals surface area contributed by atoms with Gasteiger partial charge in [0, 0.05) is 24.2 Å². The Morgan fingerprint density at radius 1 is 1.14 bits per heavy atom. The van der Waals surface area contributed by atoms with Gasteiger partial charge in [0.05, 0.1) is 43.0 Å². The number of hydrogen-bond acceptors (Lipinski definition) is 11. The van der Waals surface area contributed by atoms with E-state index in [-0.39, 0.29) is 29.7 Å². The molecule has 0 fully saturated rings. The van der Waals surface area contributed by atoms with E-state index < -0.39 is 24.6 Å². The minimum absolute atomic E-state index is 0.0351. The number of benzene rings is 1. The summed E-state index contributed by atoms with van der Waals surface area (Å²) in [7, 11) is 3.20. The summed E-state index contributed by atoms with van der Waals surface area (Å²) in [6.07, 6.45) is 1.36. The first-order valence-corrected chi connectivity index (χ1v) is 13.7. The van der Waals surface area contributed by atoms with Crippen LogP contribution in [0.25, 0.3) is 11.4 Å². The number of hydrogen-bond donors (Lipinski definition) is 3. The van der Waals surface area contributed by atoms with Crippen LogP contribution >= 0.6 is 11.6 Å². The number of amides is 2. The molecule has 3 heterocycles. The Balaban J connectivity index is 1.56. The van der Waals surface area contributed by atoms with Crippen molar-refractivity contribution in [1.82, 2.24) is 35.3 Å². The van der Waals surface area contributed by atoms with Crippen molar-refractivity contribution in [2.24, 2.45) is 7.05 Å². The Hall–Kier alpha value is -4.82. The molecule has 0 aliphatic carbocycles. The molecule has 3 aromatic heterocycles. The fourth-order valence-electron chi connectivity index (χ4n) is 4.01. The number of ether oxygens (including phenoxy) is 3. The number of carbonyl (C=O) groups excluding carboxylic acids is 2. The Kier molecular flexibility index (Phi) is 8.97. The molecular weight excluding hydrogens is 590 g/mol. The van der Waals surface area contributed by atoms with E-state index in [1.54, 1.807) is 63.1 Å². The zero-order valence-corrected chi connectivity index (χ0v) is 25.5. The van der Waals surface area contributed by atoms with E-state index in [0.717, 1.165) is 5.56 Å². The van der Waals surface area contributed by atoms with E-state index in [0.29, 0.717) is 40.8 Å². The third kappa shape index (κ3) is 8.61. The van der Waals surface area contributed by atoms with Gasteiger partial charge in [-0.05, 0) is 57.0 Å². The molecule has 44 heavy (non-hydrogen) atoms. The molecule has 0 atom stereocenters. The molecule has 3 N–H and O–H groups in total. The Morgan fingerprint density at radius 3 is 2.66 bits per heavy atom. The van der Waals surface area contributed by atoms with Gasteiger partial charge in [-0.15, -0.1) is 10.2 Å². The molecule has 0 spiro atoms. The van der Waals surface area contributed by atoms with Crippen LogP contribution in [0.15, 0.2) is 42.7 Å². The average Bonchev–Trinajstić information content (AvgIpc) is 3.39. The van der Waals surface area contributed by atoms with E-state index in [9.17, 15) is 9.59 Å². The molecule has 4 aromatic rings. The molecule has 0 bridgehead atoms. The topological polar surface area (TPSA) is 167 Å². The summed E-state index contributed by atoms with van der Waals surface area (Å²) in [4.78, 5) is 33.6. The Labute approximate surface area is 263 Å². The summed E-state index contributed by atoms with van der Waals surface area (Å²) < 4.78 is 40.7. The molecule has 0 saturated heterocycles. The monoisotopic (exact) mass is 626 g/mol. The number of rotatable bonds is 11. The smallest absolute Gasteiger partial charge is 0.413 e. The Morgan fingerprint density at radius 2 is 1.95 bits per heavy atom. The van der Waals surface area contributed by atoms with E-state index >= 15 is 0 Å². The van der Waals surface area contributed by atoms with Crippen molar-refractivity contribution >= 4 is 40.8 Å². The first-order chi connectivity index (χ1) is 22.1. The zero-order valence-electron chi connectivity index (χ0n) is 27.8.